The van der Waals surface area contributed by atoms with Crippen molar-refractivity contribution in [1.29, 1.82) is 0 Å². The van der Waals surface area contributed by atoms with Gasteiger partial charge >= 0.3 is 0 Å². The van der Waals surface area contributed by atoms with E-state index < -0.39 is 0 Å². The molecule has 0 aromatic rings. The Hall–Kier alpha value is -0.0800. The Morgan fingerprint density at radius 3 is 3.00 bits per heavy atom. The summed E-state index contributed by atoms with van der Waals surface area (Å²) < 4.78 is 5.64. The number of hydrogen-bond donors (Lipinski definition) is 0. The molecule has 2 atom stereocenters. The lowest BCUT2D eigenvalue weighted by Crippen LogP contribution is -2.19. The molecule has 0 amide bonds. The minimum Gasteiger partial charge on any atom is -0.374 e. The number of hydrogen-bond acceptors (Lipinski definition) is 1. The van der Waals surface area contributed by atoms with E-state index in [2.05, 4.69) is 41.6 Å². The van der Waals surface area contributed by atoms with Gasteiger partial charge in [0.05, 0.1) is 12.7 Å². The van der Waals surface area contributed by atoms with Crippen LogP contribution in [0.3, 0.4) is 0 Å². The molecule has 0 saturated carbocycles. The molecular weight excluding hydrogens is 240 g/mol. The van der Waals surface area contributed by atoms with Crippen LogP contribution < -0.4 is 0 Å². The third kappa shape index (κ3) is 4.43. The average Bonchev–Trinajstić information content (AvgIpc) is 2.19. The van der Waals surface area contributed by atoms with Gasteiger partial charge in [-0.2, -0.15) is 0 Å². The van der Waals surface area contributed by atoms with E-state index >= 15 is 0 Å². The van der Waals surface area contributed by atoms with Gasteiger partial charge in [0.15, 0.2) is 0 Å². The zero-order chi connectivity index (χ0) is 10.4. The fraction of sp³-hybridized carbons (Fsp3) is 0.667. The van der Waals surface area contributed by atoms with Crippen molar-refractivity contribution in [2.24, 2.45) is 5.92 Å². The van der Waals surface area contributed by atoms with Gasteiger partial charge in [0.2, 0.25) is 0 Å². The van der Waals surface area contributed by atoms with Crippen molar-refractivity contribution < 1.29 is 4.74 Å². The first-order chi connectivity index (χ1) is 6.72. The highest BCUT2D eigenvalue weighted by molar-refractivity contribution is 9.09. The number of halogens is 1. The van der Waals surface area contributed by atoms with Crippen LogP contribution in [0.2, 0.25) is 0 Å². The van der Waals surface area contributed by atoms with Crippen LogP contribution in [0.15, 0.2) is 24.3 Å². The Kier molecular flexibility index (Phi) is 5.49. The normalized spacial score (nSPS) is 23.4. The highest BCUT2D eigenvalue weighted by Gasteiger charge is 2.14. The molecule has 2 unspecified atom stereocenters. The third-order valence-corrected chi connectivity index (χ3v) is 3.28. The molecule has 0 spiro atoms. The second-order valence-electron chi connectivity index (χ2n) is 4.09. The quantitative estimate of drug-likeness (QED) is 0.540. The average molecular weight is 259 g/mol. The van der Waals surface area contributed by atoms with Crippen molar-refractivity contribution in [3.63, 3.8) is 0 Å². The predicted molar refractivity (Wildman–Crippen MR) is 64.8 cm³/mol. The topological polar surface area (TPSA) is 9.23 Å². The predicted octanol–water partition coefficient (Wildman–Crippen LogP) is 3.70. The van der Waals surface area contributed by atoms with E-state index in [1.165, 1.54) is 5.57 Å². The van der Waals surface area contributed by atoms with Gasteiger partial charge in [-0.1, -0.05) is 47.2 Å². The fourth-order valence-electron chi connectivity index (χ4n) is 1.82. The van der Waals surface area contributed by atoms with Crippen LogP contribution in [0.1, 0.15) is 26.2 Å². The summed E-state index contributed by atoms with van der Waals surface area (Å²) >= 11 is 3.43. The van der Waals surface area contributed by atoms with Gasteiger partial charge in [-0.25, -0.2) is 0 Å². The summed E-state index contributed by atoms with van der Waals surface area (Å²) in [5.41, 5.74) is 1.28. The third-order valence-electron chi connectivity index (χ3n) is 2.49. The molecule has 0 aromatic heterocycles. The molecule has 1 aliphatic rings. The second-order valence-corrected chi connectivity index (χ2v) is 4.65. The van der Waals surface area contributed by atoms with Crippen LogP contribution in [0.5, 0.6) is 0 Å². The first-order valence-electron chi connectivity index (χ1n) is 5.21. The Labute approximate surface area is 95.3 Å². The fourth-order valence-corrected chi connectivity index (χ4v) is 2.05. The second kappa shape index (κ2) is 6.41. The Balaban J connectivity index is 2.22. The summed E-state index contributed by atoms with van der Waals surface area (Å²) in [5.74, 6) is 0.677. The van der Waals surface area contributed by atoms with Crippen molar-refractivity contribution >= 4 is 15.9 Å². The van der Waals surface area contributed by atoms with E-state index in [-0.39, 0.29) is 0 Å². The van der Waals surface area contributed by atoms with Crippen molar-refractivity contribution in [2.75, 3.05) is 11.9 Å². The summed E-state index contributed by atoms with van der Waals surface area (Å²) in [4.78, 5) is 0. The summed E-state index contributed by atoms with van der Waals surface area (Å²) in [6.07, 6.45) is 8.08. The van der Waals surface area contributed by atoms with Gasteiger partial charge in [-0.05, 0) is 25.2 Å². The zero-order valence-electron chi connectivity index (χ0n) is 8.84. The van der Waals surface area contributed by atoms with Gasteiger partial charge in [0.25, 0.3) is 0 Å². The van der Waals surface area contributed by atoms with E-state index in [0.29, 0.717) is 12.0 Å². The molecule has 1 heterocycles. The van der Waals surface area contributed by atoms with Gasteiger partial charge in [0.1, 0.15) is 0 Å². The summed E-state index contributed by atoms with van der Waals surface area (Å²) in [7, 11) is 0. The van der Waals surface area contributed by atoms with Gasteiger partial charge in [-0.3, -0.25) is 0 Å². The van der Waals surface area contributed by atoms with Crippen LogP contribution in [0, 0.1) is 5.92 Å². The summed E-state index contributed by atoms with van der Waals surface area (Å²) in [5, 5.41) is 0.919. The van der Waals surface area contributed by atoms with Gasteiger partial charge in [-0.15, -0.1) is 0 Å². The number of ether oxygens (including phenoxy) is 1. The number of allylic oxidation sites excluding steroid dienone is 1. The smallest absolute Gasteiger partial charge is 0.0651 e. The summed E-state index contributed by atoms with van der Waals surface area (Å²) in [6, 6.07) is 0. The largest absolute Gasteiger partial charge is 0.374 e. The van der Waals surface area contributed by atoms with Crippen molar-refractivity contribution in [3.05, 3.63) is 24.3 Å². The van der Waals surface area contributed by atoms with Gasteiger partial charge in [0, 0.05) is 5.33 Å². The molecule has 0 aromatic carbocycles. The highest BCUT2D eigenvalue weighted by atomic mass is 79.9. The first kappa shape index (κ1) is 12.0. The van der Waals surface area contributed by atoms with Crippen LogP contribution in [-0.4, -0.2) is 18.0 Å². The molecule has 1 nitrogen and oxygen atoms in total. The zero-order valence-corrected chi connectivity index (χ0v) is 10.4. The molecule has 2 heteroatoms. The standard InChI is InChI=1S/C12H19BrO/c1-10(7-11(2)9-13)8-12-5-3-4-6-14-12/h3-4,10,12H,2,5-9H2,1H3. The molecule has 14 heavy (non-hydrogen) atoms. The van der Waals surface area contributed by atoms with E-state index in [4.69, 9.17) is 4.74 Å². The number of alkyl halides is 1. The van der Waals surface area contributed by atoms with Crippen molar-refractivity contribution in [1.82, 2.24) is 0 Å². The maximum atomic E-state index is 5.64. The van der Waals surface area contributed by atoms with E-state index in [9.17, 15) is 0 Å². The van der Waals surface area contributed by atoms with Crippen LogP contribution in [0.25, 0.3) is 0 Å². The maximum Gasteiger partial charge on any atom is 0.0651 e. The number of rotatable bonds is 5. The minimum atomic E-state index is 0.429. The Bertz CT molecular complexity index is 210. The van der Waals surface area contributed by atoms with E-state index in [0.717, 1.165) is 31.2 Å². The lowest BCUT2D eigenvalue weighted by molar-refractivity contribution is 0.0510. The lowest BCUT2D eigenvalue weighted by Gasteiger charge is -2.22. The highest BCUT2D eigenvalue weighted by Crippen LogP contribution is 2.21. The van der Waals surface area contributed by atoms with E-state index in [1.807, 2.05) is 0 Å². The minimum absolute atomic E-state index is 0.429. The molecule has 80 valence electrons. The monoisotopic (exact) mass is 258 g/mol. The molecule has 0 fully saturated rings. The molecule has 1 aliphatic heterocycles. The molecule has 0 aliphatic carbocycles. The molecular formula is C12H19BrO. The molecule has 0 bridgehead atoms. The van der Waals surface area contributed by atoms with Crippen LogP contribution in [-0.2, 0) is 4.74 Å². The SMILES string of the molecule is C=C(CBr)CC(C)CC1CC=CCO1. The summed E-state index contributed by atoms with van der Waals surface area (Å²) in [6.45, 7) is 7.07. The Morgan fingerprint density at radius 2 is 2.43 bits per heavy atom. The first-order valence-corrected chi connectivity index (χ1v) is 6.33. The van der Waals surface area contributed by atoms with E-state index in [1.54, 1.807) is 0 Å². The Morgan fingerprint density at radius 1 is 1.64 bits per heavy atom. The van der Waals surface area contributed by atoms with Crippen molar-refractivity contribution in [2.45, 2.75) is 32.3 Å². The van der Waals surface area contributed by atoms with Gasteiger partial charge < -0.3 is 4.74 Å². The molecule has 1 rings (SSSR count). The van der Waals surface area contributed by atoms with Crippen LogP contribution >= 0.6 is 15.9 Å². The lowest BCUT2D eigenvalue weighted by atomic mass is 9.95. The molecule has 0 saturated heterocycles. The molecule has 0 radical (unpaired) electrons. The van der Waals surface area contributed by atoms with Crippen molar-refractivity contribution in [3.8, 4) is 0 Å². The van der Waals surface area contributed by atoms with Crippen LogP contribution in [0.4, 0.5) is 0 Å². The molecule has 0 N–H and O–H groups in total. The maximum absolute atomic E-state index is 5.64.